The van der Waals surface area contributed by atoms with E-state index in [0.717, 1.165) is 18.4 Å². The van der Waals surface area contributed by atoms with E-state index in [1.165, 1.54) is 0 Å². The molecule has 2 atom stereocenters. The van der Waals surface area contributed by atoms with Crippen molar-refractivity contribution < 1.29 is 14.3 Å². The molecule has 0 aromatic carbocycles. The van der Waals surface area contributed by atoms with Gasteiger partial charge in [0, 0.05) is 24.2 Å². The van der Waals surface area contributed by atoms with Crippen LogP contribution in [0.4, 0.5) is 4.79 Å². The summed E-state index contributed by atoms with van der Waals surface area (Å²) in [6.45, 7) is 7.57. The van der Waals surface area contributed by atoms with Crippen molar-refractivity contribution in [2.24, 2.45) is 5.92 Å². The Kier molecular flexibility index (Phi) is 4.37. The average molecular weight is 330 g/mol. The van der Waals surface area contributed by atoms with Crippen LogP contribution in [0.3, 0.4) is 0 Å². The van der Waals surface area contributed by atoms with Crippen molar-refractivity contribution in [3.8, 4) is 0 Å². The lowest BCUT2D eigenvalue weighted by atomic mass is 9.85. The second-order valence-electron chi connectivity index (χ2n) is 7.97. The van der Waals surface area contributed by atoms with E-state index in [2.05, 4.69) is 4.98 Å². The van der Waals surface area contributed by atoms with Crippen LogP contribution >= 0.6 is 0 Å². The first-order chi connectivity index (χ1) is 11.3. The average Bonchev–Trinajstić information content (AvgIpc) is 2.76. The van der Waals surface area contributed by atoms with Crippen molar-refractivity contribution in [2.45, 2.75) is 71.1 Å². The highest BCUT2D eigenvalue weighted by Gasteiger charge is 2.46. The van der Waals surface area contributed by atoms with Gasteiger partial charge < -0.3 is 9.64 Å². The number of ketones is 1. The minimum Gasteiger partial charge on any atom is -0.444 e. The highest BCUT2D eigenvalue weighted by Crippen LogP contribution is 2.40. The second-order valence-corrected chi connectivity index (χ2v) is 7.97. The number of fused-ring (bicyclic) bond motifs is 2. The summed E-state index contributed by atoms with van der Waals surface area (Å²) in [5, 5.41) is 0. The lowest BCUT2D eigenvalue weighted by Gasteiger charge is -2.39. The van der Waals surface area contributed by atoms with Gasteiger partial charge in [-0.3, -0.25) is 9.78 Å². The molecule has 1 amide bonds. The minimum atomic E-state index is -0.492. The number of carbonyl (C=O) groups excluding carboxylic acids is 2. The molecule has 5 nitrogen and oxygen atoms in total. The Morgan fingerprint density at radius 3 is 2.38 bits per heavy atom. The van der Waals surface area contributed by atoms with Crippen molar-refractivity contribution in [3.05, 3.63) is 29.6 Å². The van der Waals surface area contributed by atoms with Gasteiger partial charge in [-0.05, 0) is 65.0 Å². The first-order valence-electron chi connectivity index (χ1n) is 8.73. The Morgan fingerprint density at radius 1 is 1.21 bits per heavy atom. The Labute approximate surface area is 143 Å². The second kappa shape index (κ2) is 6.19. The number of aromatic nitrogens is 1. The number of rotatable bonds is 2. The van der Waals surface area contributed by atoms with E-state index in [-0.39, 0.29) is 29.9 Å². The molecule has 0 spiro atoms. The summed E-state index contributed by atoms with van der Waals surface area (Å²) in [5.74, 6) is 0.0728. The SMILES string of the molecule is Cc1cccnc1C(=O)C1CC2CCC(C1)N2C(=O)OC(C)(C)C. The number of nitrogens with zero attached hydrogens (tertiary/aromatic N) is 2. The zero-order valence-corrected chi connectivity index (χ0v) is 14.9. The number of amides is 1. The van der Waals surface area contributed by atoms with Gasteiger partial charge in [-0.25, -0.2) is 4.79 Å². The summed E-state index contributed by atoms with van der Waals surface area (Å²) < 4.78 is 5.55. The predicted octanol–water partition coefficient (Wildman–Crippen LogP) is 3.75. The van der Waals surface area contributed by atoms with Crippen LogP contribution in [0.15, 0.2) is 18.3 Å². The summed E-state index contributed by atoms with van der Waals surface area (Å²) in [5.41, 5.74) is 1.01. The fourth-order valence-electron chi connectivity index (χ4n) is 3.94. The van der Waals surface area contributed by atoms with Crippen molar-refractivity contribution in [2.75, 3.05) is 0 Å². The third-order valence-electron chi connectivity index (χ3n) is 4.95. The van der Waals surface area contributed by atoms with Crippen LogP contribution in [0.25, 0.3) is 0 Å². The molecule has 2 aliphatic heterocycles. The van der Waals surface area contributed by atoms with Crippen LogP contribution in [-0.4, -0.2) is 39.4 Å². The molecule has 0 saturated carbocycles. The molecule has 5 heteroatoms. The number of piperidine rings is 1. The Morgan fingerprint density at radius 2 is 1.83 bits per heavy atom. The number of hydrogen-bond acceptors (Lipinski definition) is 4. The highest BCUT2D eigenvalue weighted by molar-refractivity contribution is 5.97. The topological polar surface area (TPSA) is 59.5 Å². The number of pyridine rings is 1. The fraction of sp³-hybridized carbons (Fsp3) is 0.632. The van der Waals surface area contributed by atoms with Crippen LogP contribution in [0.1, 0.15) is 62.5 Å². The number of aryl methyl sites for hydroxylation is 1. The van der Waals surface area contributed by atoms with Gasteiger partial charge in [-0.2, -0.15) is 0 Å². The molecule has 2 aliphatic rings. The molecule has 130 valence electrons. The summed E-state index contributed by atoms with van der Waals surface area (Å²) in [7, 11) is 0. The van der Waals surface area contributed by atoms with Gasteiger partial charge in [0.25, 0.3) is 0 Å². The summed E-state index contributed by atoms with van der Waals surface area (Å²) in [6, 6.07) is 3.99. The van der Waals surface area contributed by atoms with Gasteiger partial charge in [0.2, 0.25) is 0 Å². The smallest absolute Gasteiger partial charge is 0.410 e. The summed E-state index contributed by atoms with van der Waals surface area (Å²) in [6.07, 6.45) is 4.76. The minimum absolute atomic E-state index is 0.0465. The number of hydrogen-bond donors (Lipinski definition) is 0. The summed E-state index contributed by atoms with van der Waals surface area (Å²) in [4.78, 5) is 31.5. The Hall–Kier alpha value is -1.91. The molecule has 2 saturated heterocycles. The van der Waals surface area contributed by atoms with Crippen molar-refractivity contribution in [3.63, 3.8) is 0 Å². The zero-order chi connectivity index (χ0) is 17.5. The zero-order valence-electron chi connectivity index (χ0n) is 14.9. The van der Waals surface area contributed by atoms with Gasteiger partial charge in [-0.15, -0.1) is 0 Å². The van der Waals surface area contributed by atoms with E-state index in [9.17, 15) is 9.59 Å². The summed E-state index contributed by atoms with van der Waals surface area (Å²) >= 11 is 0. The quantitative estimate of drug-likeness (QED) is 0.775. The maximum atomic E-state index is 12.8. The molecule has 1 aromatic heterocycles. The molecule has 0 radical (unpaired) electrons. The van der Waals surface area contributed by atoms with Crippen molar-refractivity contribution in [1.29, 1.82) is 0 Å². The fourth-order valence-corrected chi connectivity index (χ4v) is 3.94. The third kappa shape index (κ3) is 3.30. The van der Waals surface area contributed by atoms with E-state index in [0.29, 0.717) is 18.5 Å². The van der Waals surface area contributed by atoms with Crippen molar-refractivity contribution >= 4 is 11.9 Å². The van der Waals surface area contributed by atoms with Crippen LogP contribution in [0.2, 0.25) is 0 Å². The van der Waals surface area contributed by atoms with Crippen LogP contribution in [-0.2, 0) is 4.74 Å². The van der Waals surface area contributed by atoms with E-state index in [4.69, 9.17) is 4.74 Å². The van der Waals surface area contributed by atoms with E-state index in [1.54, 1.807) is 6.20 Å². The lowest BCUT2D eigenvalue weighted by Crippen LogP contribution is -2.49. The molecule has 3 rings (SSSR count). The van der Waals surface area contributed by atoms with E-state index >= 15 is 0 Å². The Balaban J connectivity index is 1.72. The molecule has 3 heterocycles. The molecular formula is C19H26N2O3. The Bertz CT molecular complexity index is 636. The first kappa shape index (κ1) is 16.9. The van der Waals surface area contributed by atoms with Crippen LogP contribution in [0.5, 0.6) is 0 Å². The molecule has 0 N–H and O–H groups in total. The molecule has 0 aliphatic carbocycles. The molecule has 2 unspecified atom stereocenters. The van der Waals surface area contributed by atoms with Crippen LogP contribution in [0, 0.1) is 12.8 Å². The molecular weight excluding hydrogens is 304 g/mol. The third-order valence-corrected chi connectivity index (χ3v) is 4.95. The van der Waals surface area contributed by atoms with Gasteiger partial charge in [0.1, 0.15) is 11.3 Å². The molecule has 1 aromatic rings. The molecule has 24 heavy (non-hydrogen) atoms. The number of carbonyl (C=O) groups is 2. The van der Waals surface area contributed by atoms with Gasteiger partial charge in [0.15, 0.2) is 5.78 Å². The van der Waals surface area contributed by atoms with E-state index in [1.807, 2.05) is 44.7 Å². The maximum Gasteiger partial charge on any atom is 0.410 e. The maximum absolute atomic E-state index is 12.8. The van der Waals surface area contributed by atoms with Crippen molar-refractivity contribution in [1.82, 2.24) is 9.88 Å². The predicted molar refractivity (Wildman–Crippen MR) is 90.9 cm³/mol. The van der Waals surface area contributed by atoms with Gasteiger partial charge in [0.05, 0.1) is 0 Å². The first-order valence-corrected chi connectivity index (χ1v) is 8.73. The number of ether oxygens (including phenoxy) is 1. The highest BCUT2D eigenvalue weighted by atomic mass is 16.6. The van der Waals surface area contributed by atoms with Gasteiger partial charge in [-0.1, -0.05) is 6.07 Å². The lowest BCUT2D eigenvalue weighted by molar-refractivity contribution is 0.00250. The van der Waals surface area contributed by atoms with Crippen LogP contribution < -0.4 is 0 Å². The standard InChI is InChI=1S/C19H26N2O3/c1-12-6-5-9-20-16(12)17(22)13-10-14-7-8-15(11-13)21(14)18(23)24-19(2,3)4/h5-6,9,13-15H,7-8,10-11H2,1-4H3. The molecule has 2 bridgehead atoms. The number of Topliss-reactive ketones (excluding diaryl/α,β-unsaturated/α-hetero) is 1. The largest absolute Gasteiger partial charge is 0.444 e. The monoisotopic (exact) mass is 330 g/mol. The van der Waals surface area contributed by atoms with Gasteiger partial charge >= 0.3 is 6.09 Å². The molecule has 2 fully saturated rings. The van der Waals surface area contributed by atoms with E-state index < -0.39 is 5.60 Å². The normalized spacial score (nSPS) is 26.3.